The van der Waals surface area contributed by atoms with E-state index in [1.807, 2.05) is 0 Å². The molecule has 0 radical (unpaired) electrons. The number of hydrogen-bond acceptors (Lipinski definition) is 6. The average molecular weight is 380 g/mol. The SMILES string of the molecule is COc1ccc(C2C(C(=O)c3ccccc3)C23C(=O)OC(C)(C)OC3=O)cc1. The van der Waals surface area contributed by atoms with Crippen LogP contribution in [-0.4, -0.2) is 30.6 Å². The zero-order valence-corrected chi connectivity index (χ0v) is 15.8. The van der Waals surface area contributed by atoms with Crippen molar-refractivity contribution < 1.29 is 28.6 Å². The minimum absolute atomic E-state index is 0.282. The Morgan fingerprint density at radius 1 is 0.929 bits per heavy atom. The molecule has 2 aromatic rings. The van der Waals surface area contributed by atoms with Gasteiger partial charge in [0.1, 0.15) is 5.75 Å². The number of esters is 2. The van der Waals surface area contributed by atoms with Gasteiger partial charge in [-0.3, -0.25) is 14.4 Å². The molecule has 28 heavy (non-hydrogen) atoms. The first-order valence-corrected chi connectivity index (χ1v) is 9.01. The van der Waals surface area contributed by atoms with Gasteiger partial charge in [-0.15, -0.1) is 0 Å². The second-order valence-electron chi connectivity index (χ2n) is 7.51. The number of benzene rings is 2. The Kier molecular flexibility index (Phi) is 4.03. The molecule has 144 valence electrons. The molecule has 1 spiro atoms. The summed E-state index contributed by atoms with van der Waals surface area (Å²) in [4.78, 5) is 39.1. The monoisotopic (exact) mass is 380 g/mol. The van der Waals surface area contributed by atoms with Gasteiger partial charge in [-0.25, -0.2) is 0 Å². The molecule has 1 heterocycles. The van der Waals surface area contributed by atoms with Crippen LogP contribution in [0.2, 0.25) is 0 Å². The van der Waals surface area contributed by atoms with Crippen LogP contribution in [0.5, 0.6) is 5.75 Å². The first-order valence-electron chi connectivity index (χ1n) is 9.01. The van der Waals surface area contributed by atoms with Gasteiger partial charge in [0.25, 0.3) is 5.79 Å². The Bertz CT molecular complexity index is 925. The predicted octanol–water partition coefficient (Wildman–Crippen LogP) is 3.11. The number of cyclic esters (lactones) is 2. The summed E-state index contributed by atoms with van der Waals surface area (Å²) >= 11 is 0. The normalized spacial score (nSPS) is 24.2. The fourth-order valence-electron chi connectivity index (χ4n) is 4.02. The van der Waals surface area contributed by atoms with Crippen molar-refractivity contribution >= 4 is 17.7 Å². The molecule has 1 aliphatic heterocycles. The second kappa shape index (κ2) is 6.19. The van der Waals surface area contributed by atoms with Crippen LogP contribution in [0.4, 0.5) is 0 Å². The highest BCUT2D eigenvalue weighted by Crippen LogP contribution is 2.68. The summed E-state index contributed by atoms with van der Waals surface area (Å²) in [5.74, 6) is -3.96. The van der Waals surface area contributed by atoms with Gasteiger partial charge < -0.3 is 14.2 Å². The Balaban J connectivity index is 1.78. The second-order valence-corrected chi connectivity index (χ2v) is 7.51. The number of hydrogen-bond donors (Lipinski definition) is 0. The summed E-state index contributed by atoms with van der Waals surface area (Å²) in [6.45, 7) is 2.99. The van der Waals surface area contributed by atoms with E-state index in [-0.39, 0.29) is 5.78 Å². The highest BCUT2D eigenvalue weighted by atomic mass is 16.7. The predicted molar refractivity (Wildman–Crippen MR) is 98.7 cm³/mol. The third-order valence-corrected chi connectivity index (χ3v) is 5.37. The zero-order valence-electron chi connectivity index (χ0n) is 15.8. The van der Waals surface area contributed by atoms with E-state index in [1.165, 1.54) is 13.8 Å². The number of carbonyl (C=O) groups excluding carboxylic acids is 3. The van der Waals surface area contributed by atoms with Gasteiger partial charge in [0, 0.05) is 25.3 Å². The van der Waals surface area contributed by atoms with Crippen LogP contribution in [0.1, 0.15) is 35.7 Å². The first-order chi connectivity index (χ1) is 13.3. The fraction of sp³-hybridized carbons (Fsp3) is 0.318. The highest BCUT2D eigenvalue weighted by Gasteiger charge is 2.81. The molecule has 2 fully saturated rings. The molecular weight excluding hydrogens is 360 g/mol. The van der Waals surface area contributed by atoms with Crippen LogP contribution < -0.4 is 4.74 Å². The van der Waals surface area contributed by atoms with Gasteiger partial charge >= 0.3 is 11.9 Å². The maximum Gasteiger partial charge on any atom is 0.328 e. The molecule has 2 unspecified atom stereocenters. The zero-order chi connectivity index (χ0) is 20.1. The lowest BCUT2D eigenvalue weighted by Gasteiger charge is -2.34. The van der Waals surface area contributed by atoms with Gasteiger partial charge in [0.15, 0.2) is 11.2 Å². The van der Waals surface area contributed by atoms with E-state index in [0.29, 0.717) is 16.9 Å². The summed E-state index contributed by atoms with van der Waals surface area (Å²) in [5, 5.41) is 0. The summed E-state index contributed by atoms with van der Waals surface area (Å²) in [6, 6.07) is 15.6. The maximum atomic E-state index is 13.2. The Labute approximate surface area is 162 Å². The lowest BCUT2D eigenvalue weighted by Crippen LogP contribution is -2.49. The minimum Gasteiger partial charge on any atom is -0.497 e. The van der Waals surface area contributed by atoms with Gasteiger partial charge in [-0.2, -0.15) is 0 Å². The van der Waals surface area contributed by atoms with E-state index in [9.17, 15) is 14.4 Å². The number of methoxy groups -OCH3 is 1. The number of ketones is 1. The number of Topliss-reactive ketones (excluding diaryl/α,β-unsaturated/α-hetero) is 1. The average Bonchev–Trinajstić information content (AvgIpc) is 3.37. The largest absolute Gasteiger partial charge is 0.497 e. The molecule has 2 atom stereocenters. The quantitative estimate of drug-likeness (QED) is 0.461. The number of ether oxygens (including phenoxy) is 3. The minimum atomic E-state index is -1.66. The van der Waals surface area contributed by atoms with Crippen LogP contribution >= 0.6 is 0 Å². The van der Waals surface area contributed by atoms with Crippen molar-refractivity contribution in [2.75, 3.05) is 7.11 Å². The Morgan fingerprint density at radius 2 is 1.50 bits per heavy atom. The summed E-state index contributed by atoms with van der Waals surface area (Å²) < 4.78 is 15.9. The van der Waals surface area contributed by atoms with Crippen LogP contribution in [0, 0.1) is 11.3 Å². The van der Waals surface area contributed by atoms with Crippen LogP contribution in [-0.2, 0) is 19.1 Å². The molecule has 2 aliphatic rings. The van der Waals surface area contributed by atoms with Crippen molar-refractivity contribution in [3.8, 4) is 5.75 Å². The smallest absolute Gasteiger partial charge is 0.328 e. The number of rotatable bonds is 4. The molecule has 2 aromatic carbocycles. The highest BCUT2D eigenvalue weighted by molar-refractivity contribution is 6.16. The van der Waals surface area contributed by atoms with Crippen molar-refractivity contribution in [1.82, 2.24) is 0 Å². The molecule has 0 amide bonds. The number of carbonyl (C=O) groups is 3. The van der Waals surface area contributed by atoms with E-state index in [2.05, 4.69) is 0 Å². The standard InChI is InChI=1S/C22H20O6/c1-21(2)27-19(24)22(20(25)28-21)16(13-9-11-15(26-3)12-10-13)17(22)18(23)14-7-5-4-6-8-14/h4-12,16-17H,1-3H3. The molecule has 1 aliphatic carbocycles. The van der Waals surface area contributed by atoms with E-state index in [1.54, 1.807) is 61.7 Å². The molecule has 6 nitrogen and oxygen atoms in total. The molecule has 0 bridgehead atoms. The van der Waals surface area contributed by atoms with E-state index in [4.69, 9.17) is 14.2 Å². The molecule has 0 aromatic heterocycles. The Hall–Kier alpha value is -3.15. The van der Waals surface area contributed by atoms with Crippen molar-refractivity contribution in [3.63, 3.8) is 0 Å². The lowest BCUT2D eigenvalue weighted by molar-refractivity contribution is -0.243. The van der Waals surface area contributed by atoms with Gasteiger partial charge in [0.2, 0.25) is 0 Å². The third kappa shape index (κ3) is 2.59. The van der Waals surface area contributed by atoms with Crippen molar-refractivity contribution in [3.05, 3.63) is 65.7 Å². The van der Waals surface area contributed by atoms with Gasteiger partial charge in [0.05, 0.1) is 13.0 Å². The van der Waals surface area contributed by atoms with Crippen LogP contribution in [0.25, 0.3) is 0 Å². The van der Waals surface area contributed by atoms with E-state index in [0.717, 1.165) is 0 Å². The van der Waals surface area contributed by atoms with Gasteiger partial charge in [-0.1, -0.05) is 42.5 Å². The van der Waals surface area contributed by atoms with Crippen molar-refractivity contribution in [2.45, 2.75) is 25.6 Å². The molecule has 0 N–H and O–H groups in total. The summed E-state index contributed by atoms with van der Waals surface area (Å²) in [7, 11) is 1.55. The van der Waals surface area contributed by atoms with E-state index >= 15 is 0 Å². The van der Waals surface area contributed by atoms with Gasteiger partial charge in [-0.05, 0) is 17.7 Å². The molecular formula is C22H20O6. The molecule has 4 rings (SSSR count). The Morgan fingerprint density at radius 3 is 2.04 bits per heavy atom. The van der Waals surface area contributed by atoms with Crippen molar-refractivity contribution in [2.24, 2.45) is 11.3 Å². The molecule has 1 saturated heterocycles. The topological polar surface area (TPSA) is 78.9 Å². The fourth-order valence-corrected chi connectivity index (χ4v) is 4.02. The maximum absolute atomic E-state index is 13.2. The molecule has 1 saturated carbocycles. The first kappa shape index (κ1) is 18.2. The summed E-state index contributed by atoms with van der Waals surface area (Å²) in [5.41, 5.74) is -0.533. The third-order valence-electron chi connectivity index (χ3n) is 5.37. The van der Waals surface area contributed by atoms with E-state index < -0.39 is 35.0 Å². The van der Waals surface area contributed by atoms with Crippen LogP contribution in [0.15, 0.2) is 54.6 Å². The summed E-state index contributed by atoms with van der Waals surface area (Å²) in [6.07, 6.45) is 0. The van der Waals surface area contributed by atoms with Crippen molar-refractivity contribution in [1.29, 1.82) is 0 Å². The van der Waals surface area contributed by atoms with Crippen LogP contribution in [0.3, 0.4) is 0 Å². The lowest BCUT2D eigenvalue weighted by atomic mass is 9.95. The molecule has 6 heteroatoms.